The standard InChI is InChI=1S/C78H82B2N2/c1-41(2)47-33-51(43(5)6)69(52(34-47)44(7)8)57-37-55-49-25-23-31-67-75(49)80(62-28-20-22-30-66(62)81(67)77(13,14)15)64-40-60-58(70-53(45(9)10)35-48(42(3)4)36-54(70)46(11)12)38-56-50-26-24-32-68-76(50)79(61-27-19-21-29-65(61)82(68)78(16,17)18)63-39-59(57)73(71(55)64)74(60)72(56)63/h19-46H,1-18H3. The number of fused-ring (bicyclic) bond motifs is 8. The van der Waals surface area contributed by atoms with Crippen LogP contribution in [0.1, 0.15) is 194 Å². The van der Waals surface area contributed by atoms with Crippen molar-refractivity contribution in [1.82, 2.24) is 0 Å². The van der Waals surface area contributed by atoms with Crippen molar-refractivity contribution >= 4 is 101 Å². The van der Waals surface area contributed by atoms with Gasteiger partial charge in [-0.3, -0.25) is 0 Å². The van der Waals surface area contributed by atoms with Gasteiger partial charge in [-0.15, -0.1) is 0 Å². The molecule has 0 unspecified atom stereocenters. The summed E-state index contributed by atoms with van der Waals surface area (Å²) in [6, 6.07) is 54.7. The Bertz CT molecular complexity index is 4000. The molecule has 0 fully saturated rings. The lowest BCUT2D eigenvalue weighted by atomic mass is 9.31. The lowest BCUT2D eigenvalue weighted by Crippen LogP contribution is -2.62. The Morgan fingerprint density at radius 3 is 0.951 bits per heavy atom. The van der Waals surface area contributed by atoms with Gasteiger partial charge in [0.1, 0.15) is 0 Å². The van der Waals surface area contributed by atoms with Gasteiger partial charge >= 0.3 is 0 Å². The average molecular weight is 1070 g/mol. The van der Waals surface area contributed by atoms with E-state index < -0.39 is 0 Å². The zero-order valence-corrected chi connectivity index (χ0v) is 52.2. The topological polar surface area (TPSA) is 6.48 Å². The first-order valence-corrected chi connectivity index (χ1v) is 31.2. The highest BCUT2D eigenvalue weighted by atomic mass is 15.2. The number of anilines is 4. The van der Waals surface area contributed by atoms with Crippen LogP contribution in [0.2, 0.25) is 0 Å². The molecule has 0 atom stereocenters. The first-order chi connectivity index (χ1) is 39.0. The SMILES string of the molecule is CC(C)c1cc(C(C)C)c(-c2cc3c4c(cc5c(-c6c(C(C)C)cc(C(C)C)cc6C(C)C)cc6c7c(cc2c4c57)B2c4ccccc4N(C(C)(C)C)c4cccc-6c42)B2c4ccccc4N(C(C)(C)C)c4cccc-3c42)c(C(C)C)c1. The molecule has 0 amide bonds. The fourth-order valence-corrected chi connectivity index (χ4v) is 16.2. The third-order valence-electron chi connectivity index (χ3n) is 19.7. The maximum absolute atomic E-state index is 2.76. The summed E-state index contributed by atoms with van der Waals surface area (Å²) in [5.74, 6) is 2.04. The van der Waals surface area contributed by atoms with Crippen LogP contribution in [0.25, 0.3) is 76.8 Å². The molecule has 82 heavy (non-hydrogen) atoms. The highest BCUT2D eigenvalue weighted by molar-refractivity contribution is 7.02. The smallest absolute Gasteiger partial charge is 0.248 e. The van der Waals surface area contributed by atoms with Crippen molar-refractivity contribution in [3.63, 3.8) is 0 Å². The Morgan fingerprint density at radius 1 is 0.305 bits per heavy atom. The van der Waals surface area contributed by atoms with E-state index in [0.717, 1.165) is 0 Å². The Balaban J connectivity index is 1.28. The Hall–Kier alpha value is -7.03. The van der Waals surface area contributed by atoms with Crippen molar-refractivity contribution in [3.05, 3.63) is 167 Å². The van der Waals surface area contributed by atoms with Crippen molar-refractivity contribution in [1.29, 1.82) is 0 Å². The second-order valence-corrected chi connectivity index (χ2v) is 29.0. The van der Waals surface area contributed by atoms with E-state index in [1.165, 1.54) is 166 Å². The fraction of sp³-hybridized carbons (Fsp3) is 0.333. The minimum absolute atomic E-state index is 0.0305. The molecule has 410 valence electrons. The molecule has 4 heterocycles. The number of nitrogens with zero attached hydrogens (tertiary/aromatic N) is 2. The lowest BCUT2D eigenvalue weighted by Gasteiger charge is -2.47. The highest BCUT2D eigenvalue weighted by Crippen LogP contribution is 2.55. The van der Waals surface area contributed by atoms with Gasteiger partial charge in [-0.05, 0) is 246 Å². The van der Waals surface area contributed by atoms with Crippen molar-refractivity contribution in [3.8, 4) is 44.5 Å². The largest absolute Gasteiger partial charge is 0.337 e. The molecule has 10 aromatic rings. The molecule has 4 heteroatoms. The van der Waals surface area contributed by atoms with Gasteiger partial charge in [0.25, 0.3) is 0 Å². The maximum atomic E-state index is 2.76. The Kier molecular flexibility index (Phi) is 11.8. The summed E-state index contributed by atoms with van der Waals surface area (Å²) < 4.78 is 0. The van der Waals surface area contributed by atoms with E-state index in [4.69, 9.17) is 0 Å². The molecule has 0 radical (unpaired) electrons. The third kappa shape index (κ3) is 7.34. The van der Waals surface area contributed by atoms with E-state index in [1.54, 1.807) is 0 Å². The van der Waals surface area contributed by atoms with Crippen LogP contribution in [0.15, 0.2) is 133 Å². The van der Waals surface area contributed by atoms with Crippen molar-refractivity contribution < 1.29 is 0 Å². The van der Waals surface area contributed by atoms with Crippen LogP contribution in [0.4, 0.5) is 22.7 Å². The van der Waals surface area contributed by atoms with E-state index in [2.05, 4.69) is 268 Å². The van der Waals surface area contributed by atoms with Crippen LogP contribution in [0, 0.1) is 0 Å². The van der Waals surface area contributed by atoms with Crippen LogP contribution in [-0.4, -0.2) is 24.5 Å². The third-order valence-corrected chi connectivity index (χ3v) is 19.7. The van der Waals surface area contributed by atoms with Crippen molar-refractivity contribution in [2.45, 2.75) is 171 Å². The molecular formula is C78H82B2N2. The molecular weight excluding hydrogens is 986 g/mol. The number of hydrogen-bond donors (Lipinski definition) is 0. The van der Waals surface area contributed by atoms with E-state index >= 15 is 0 Å². The van der Waals surface area contributed by atoms with E-state index in [0.29, 0.717) is 35.5 Å². The molecule has 2 nitrogen and oxygen atoms in total. The molecule has 10 aromatic carbocycles. The minimum Gasteiger partial charge on any atom is -0.337 e. The van der Waals surface area contributed by atoms with Gasteiger partial charge in [-0.2, -0.15) is 0 Å². The zero-order chi connectivity index (χ0) is 57.7. The van der Waals surface area contributed by atoms with Crippen LogP contribution >= 0.6 is 0 Å². The molecule has 14 rings (SSSR count). The van der Waals surface area contributed by atoms with Gasteiger partial charge in [-0.1, -0.05) is 191 Å². The predicted octanol–water partition coefficient (Wildman–Crippen LogP) is 18.2. The van der Waals surface area contributed by atoms with E-state index in [9.17, 15) is 0 Å². The summed E-state index contributed by atoms with van der Waals surface area (Å²) in [6.07, 6.45) is 0. The van der Waals surface area contributed by atoms with E-state index in [-0.39, 0.29) is 24.5 Å². The Morgan fingerprint density at radius 2 is 0.634 bits per heavy atom. The maximum Gasteiger partial charge on any atom is 0.248 e. The van der Waals surface area contributed by atoms with Crippen LogP contribution < -0.4 is 42.6 Å². The first kappa shape index (κ1) is 53.0. The molecule has 4 aliphatic rings. The summed E-state index contributed by atoms with van der Waals surface area (Å²) in [5.41, 5.74) is 33.2. The summed E-state index contributed by atoms with van der Waals surface area (Å²) in [5, 5.41) is 8.49. The number of para-hydroxylation sites is 2. The molecule has 4 aliphatic heterocycles. The molecule has 0 spiro atoms. The summed E-state index contributed by atoms with van der Waals surface area (Å²) in [4.78, 5) is 5.31. The monoisotopic (exact) mass is 1070 g/mol. The predicted molar refractivity (Wildman–Crippen MR) is 362 cm³/mol. The summed E-state index contributed by atoms with van der Waals surface area (Å²) >= 11 is 0. The van der Waals surface area contributed by atoms with Gasteiger partial charge in [0, 0.05) is 33.8 Å². The molecule has 0 aromatic heterocycles. The normalized spacial score (nSPS) is 14.3. The number of benzene rings is 10. The van der Waals surface area contributed by atoms with Gasteiger partial charge < -0.3 is 9.80 Å². The molecule has 0 saturated carbocycles. The Labute approximate surface area is 490 Å². The lowest BCUT2D eigenvalue weighted by molar-refractivity contribution is 0.561. The highest BCUT2D eigenvalue weighted by Gasteiger charge is 2.47. The van der Waals surface area contributed by atoms with Gasteiger partial charge in [0.2, 0.25) is 13.4 Å². The fourth-order valence-electron chi connectivity index (χ4n) is 16.2. The quantitative estimate of drug-likeness (QED) is 0.111. The molecule has 0 saturated heterocycles. The molecule has 0 aliphatic carbocycles. The first-order valence-electron chi connectivity index (χ1n) is 31.2. The zero-order valence-electron chi connectivity index (χ0n) is 52.2. The second-order valence-electron chi connectivity index (χ2n) is 29.0. The number of hydrogen-bond acceptors (Lipinski definition) is 2. The summed E-state index contributed by atoms with van der Waals surface area (Å²) in [7, 11) is 0. The van der Waals surface area contributed by atoms with Gasteiger partial charge in [-0.25, -0.2) is 0 Å². The van der Waals surface area contributed by atoms with Crippen LogP contribution in [0.5, 0.6) is 0 Å². The average Bonchev–Trinajstić information content (AvgIpc) is 0.774. The van der Waals surface area contributed by atoms with Gasteiger partial charge in [0.05, 0.1) is 0 Å². The van der Waals surface area contributed by atoms with Crippen molar-refractivity contribution in [2.75, 3.05) is 9.80 Å². The van der Waals surface area contributed by atoms with E-state index in [1.807, 2.05) is 0 Å². The van der Waals surface area contributed by atoms with Crippen LogP contribution in [0.3, 0.4) is 0 Å². The molecule has 0 bridgehead atoms. The minimum atomic E-state index is -0.171. The second kappa shape index (κ2) is 18.2. The number of rotatable bonds is 8. The van der Waals surface area contributed by atoms with Crippen molar-refractivity contribution in [2.24, 2.45) is 0 Å². The molecule has 0 N–H and O–H groups in total. The van der Waals surface area contributed by atoms with Gasteiger partial charge in [0.15, 0.2) is 0 Å². The van der Waals surface area contributed by atoms with Crippen LogP contribution in [-0.2, 0) is 0 Å². The summed E-state index contributed by atoms with van der Waals surface area (Å²) in [6.45, 7) is 43.4.